The monoisotopic (exact) mass is 551 g/mol. The third-order valence-corrected chi connectivity index (χ3v) is 7.69. The van der Waals surface area contributed by atoms with Crippen LogP contribution in [0.2, 0.25) is 5.02 Å². The van der Waals surface area contributed by atoms with Crippen LogP contribution in [0.15, 0.2) is 42.5 Å². The molecule has 2 amide bonds. The van der Waals surface area contributed by atoms with Gasteiger partial charge in [-0.1, -0.05) is 43.6 Å². The number of anilines is 1. The fourth-order valence-corrected chi connectivity index (χ4v) is 5.01. The van der Waals surface area contributed by atoms with Crippen LogP contribution in [0.1, 0.15) is 39.2 Å². The summed E-state index contributed by atoms with van der Waals surface area (Å²) >= 11 is 6.38. The summed E-state index contributed by atoms with van der Waals surface area (Å²) in [6, 6.07) is 10.9. The third kappa shape index (κ3) is 7.29. The number of nitrogens with one attached hydrogen (secondary N) is 1. The number of carbonyl (C=O) groups is 2. The summed E-state index contributed by atoms with van der Waals surface area (Å²) in [7, 11) is -3.87. The lowest BCUT2D eigenvalue weighted by molar-refractivity contribution is -0.140. The second kappa shape index (κ2) is 12.5. The molecule has 0 unspecified atom stereocenters. The Morgan fingerprint density at radius 1 is 1.05 bits per heavy atom. The summed E-state index contributed by atoms with van der Waals surface area (Å²) in [6.07, 6.45) is 2.09. The Bertz CT molecular complexity index is 1220. The van der Waals surface area contributed by atoms with Crippen molar-refractivity contribution >= 4 is 39.1 Å². The van der Waals surface area contributed by atoms with Gasteiger partial charge in [0.25, 0.3) is 0 Å². The molecule has 0 radical (unpaired) electrons. The molecule has 11 heteroatoms. The van der Waals surface area contributed by atoms with Crippen molar-refractivity contribution in [2.24, 2.45) is 0 Å². The molecule has 3 rings (SSSR count). The second-order valence-electron chi connectivity index (χ2n) is 8.95. The number of hydrogen-bond acceptors (Lipinski definition) is 6. The van der Waals surface area contributed by atoms with Crippen molar-refractivity contribution in [3.8, 4) is 11.5 Å². The maximum absolute atomic E-state index is 13.8. The van der Waals surface area contributed by atoms with E-state index >= 15 is 0 Å². The molecule has 2 aromatic rings. The number of halogens is 1. The molecule has 37 heavy (non-hydrogen) atoms. The van der Waals surface area contributed by atoms with Gasteiger partial charge in [0.05, 0.1) is 11.9 Å². The lowest BCUT2D eigenvalue weighted by atomic mass is 10.1. The van der Waals surface area contributed by atoms with Crippen molar-refractivity contribution in [2.45, 2.75) is 52.2 Å². The number of hydrogen-bond donors (Lipinski definition) is 1. The molecule has 1 aliphatic heterocycles. The van der Waals surface area contributed by atoms with Crippen molar-refractivity contribution in [3.63, 3.8) is 0 Å². The Morgan fingerprint density at radius 3 is 2.35 bits per heavy atom. The van der Waals surface area contributed by atoms with Crippen LogP contribution in [0, 0.1) is 0 Å². The van der Waals surface area contributed by atoms with Crippen LogP contribution in [0.25, 0.3) is 0 Å². The summed E-state index contributed by atoms with van der Waals surface area (Å²) in [4.78, 5) is 28.4. The number of ether oxygens (including phenoxy) is 2. The molecule has 9 nitrogen and oxygen atoms in total. The molecule has 2 aromatic carbocycles. The van der Waals surface area contributed by atoms with Gasteiger partial charge in [0.15, 0.2) is 11.5 Å². The van der Waals surface area contributed by atoms with Gasteiger partial charge >= 0.3 is 0 Å². The number of nitrogens with zero attached hydrogens (tertiary/aromatic N) is 2. The number of amides is 2. The SMILES string of the molecule is CC[C@H](C)NC(=O)[C@H](CC)N(Cc1ccccc1Cl)C(=O)CN(c1ccc2c(c1)OCCO2)S(C)(=O)=O. The molecule has 202 valence electrons. The molecule has 1 aliphatic rings. The predicted octanol–water partition coefficient (Wildman–Crippen LogP) is 3.60. The average molecular weight is 552 g/mol. The maximum atomic E-state index is 13.8. The number of sulfonamides is 1. The Hall–Kier alpha value is -2.98. The molecule has 0 saturated carbocycles. The highest BCUT2D eigenvalue weighted by atomic mass is 35.5. The van der Waals surface area contributed by atoms with Gasteiger partial charge in [-0.15, -0.1) is 0 Å². The predicted molar refractivity (Wildman–Crippen MR) is 144 cm³/mol. The summed E-state index contributed by atoms with van der Waals surface area (Å²) in [5.74, 6) is 0.0638. The van der Waals surface area contributed by atoms with E-state index in [4.69, 9.17) is 21.1 Å². The number of carbonyl (C=O) groups excluding carboxylic acids is 2. The Balaban J connectivity index is 1.96. The number of fused-ring (bicyclic) bond motifs is 1. The molecule has 0 aromatic heterocycles. The molecule has 0 fully saturated rings. The highest BCUT2D eigenvalue weighted by molar-refractivity contribution is 7.92. The zero-order valence-corrected chi connectivity index (χ0v) is 23.1. The van der Waals surface area contributed by atoms with Crippen LogP contribution in [0.5, 0.6) is 11.5 Å². The van der Waals surface area contributed by atoms with E-state index in [0.717, 1.165) is 17.0 Å². The van der Waals surface area contributed by atoms with Gasteiger partial charge in [0.1, 0.15) is 25.8 Å². The fourth-order valence-electron chi connectivity index (χ4n) is 3.97. The second-order valence-corrected chi connectivity index (χ2v) is 11.3. The maximum Gasteiger partial charge on any atom is 0.244 e. The van der Waals surface area contributed by atoms with Gasteiger partial charge in [-0.3, -0.25) is 13.9 Å². The normalized spacial score (nSPS) is 14.4. The minimum atomic E-state index is -3.87. The first-order valence-electron chi connectivity index (χ1n) is 12.3. The standard InChI is InChI=1S/C26H34ClN3O6S/c1-5-18(3)28-26(32)22(6-2)29(16-19-9-7-8-10-21(19)27)25(31)17-30(37(4,33)34)20-11-12-23-24(15-20)36-14-13-35-23/h7-12,15,18,22H,5-6,13-14,16-17H2,1-4H3,(H,28,32)/t18-,22-/m0/s1. The van der Waals surface area contributed by atoms with Crippen LogP contribution in [0.4, 0.5) is 5.69 Å². The van der Waals surface area contributed by atoms with Gasteiger partial charge < -0.3 is 19.7 Å². The summed E-state index contributed by atoms with van der Waals surface area (Å²) in [5, 5.41) is 3.39. The van der Waals surface area contributed by atoms with E-state index in [1.54, 1.807) is 36.4 Å². The summed E-state index contributed by atoms with van der Waals surface area (Å²) < 4.78 is 37.8. The zero-order valence-electron chi connectivity index (χ0n) is 21.6. The molecule has 0 aliphatic carbocycles. The van der Waals surface area contributed by atoms with Crippen LogP contribution in [-0.4, -0.2) is 63.2 Å². The lowest BCUT2D eigenvalue weighted by Gasteiger charge is -2.33. The molecular weight excluding hydrogens is 518 g/mol. The first kappa shape index (κ1) is 28.6. The van der Waals surface area contributed by atoms with Crippen molar-refractivity contribution in [2.75, 3.05) is 30.3 Å². The molecule has 0 bridgehead atoms. The largest absolute Gasteiger partial charge is 0.486 e. The summed E-state index contributed by atoms with van der Waals surface area (Å²) in [5.41, 5.74) is 0.910. The van der Waals surface area contributed by atoms with Gasteiger partial charge in [-0.25, -0.2) is 8.42 Å². The lowest BCUT2D eigenvalue weighted by Crippen LogP contribution is -2.53. The van der Waals surface area contributed by atoms with E-state index in [-0.39, 0.29) is 24.2 Å². The van der Waals surface area contributed by atoms with Crippen molar-refractivity contribution in [1.82, 2.24) is 10.2 Å². The van der Waals surface area contributed by atoms with E-state index in [2.05, 4.69) is 5.32 Å². The first-order chi connectivity index (χ1) is 17.5. The van der Waals surface area contributed by atoms with E-state index in [1.165, 1.54) is 11.0 Å². The quantitative estimate of drug-likeness (QED) is 0.457. The number of rotatable bonds is 11. The molecule has 1 heterocycles. The first-order valence-corrected chi connectivity index (χ1v) is 14.5. The summed E-state index contributed by atoms with van der Waals surface area (Å²) in [6.45, 7) is 5.93. The van der Waals surface area contributed by atoms with Crippen molar-refractivity contribution in [1.29, 1.82) is 0 Å². The van der Waals surface area contributed by atoms with Crippen LogP contribution >= 0.6 is 11.6 Å². The van der Waals surface area contributed by atoms with Crippen molar-refractivity contribution < 1.29 is 27.5 Å². The molecule has 0 saturated heterocycles. The smallest absolute Gasteiger partial charge is 0.244 e. The van der Waals surface area contributed by atoms with E-state index in [0.29, 0.717) is 41.7 Å². The number of benzene rings is 2. The zero-order chi connectivity index (χ0) is 27.2. The highest BCUT2D eigenvalue weighted by Crippen LogP contribution is 2.35. The molecule has 0 spiro atoms. The Morgan fingerprint density at radius 2 is 1.73 bits per heavy atom. The average Bonchev–Trinajstić information content (AvgIpc) is 2.87. The van der Waals surface area contributed by atoms with Crippen LogP contribution in [-0.2, 0) is 26.2 Å². The van der Waals surface area contributed by atoms with Crippen LogP contribution in [0.3, 0.4) is 0 Å². The van der Waals surface area contributed by atoms with Gasteiger partial charge in [0.2, 0.25) is 21.8 Å². The molecule has 2 atom stereocenters. The fraction of sp³-hybridized carbons (Fsp3) is 0.462. The van der Waals surface area contributed by atoms with Gasteiger partial charge in [0, 0.05) is 23.7 Å². The molecular formula is C26H34ClN3O6S. The third-order valence-electron chi connectivity index (χ3n) is 6.18. The van der Waals surface area contributed by atoms with E-state index in [9.17, 15) is 18.0 Å². The minimum absolute atomic E-state index is 0.0453. The Kier molecular flexibility index (Phi) is 9.67. The van der Waals surface area contributed by atoms with Gasteiger partial charge in [-0.2, -0.15) is 0 Å². The Labute approximate surface area is 223 Å². The highest BCUT2D eigenvalue weighted by Gasteiger charge is 2.32. The van der Waals surface area contributed by atoms with Crippen molar-refractivity contribution in [3.05, 3.63) is 53.1 Å². The van der Waals surface area contributed by atoms with E-state index < -0.39 is 28.5 Å². The van der Waals surface area contributed by atoms with E-state index in [1.807, 2.05) is 20.8 Å². The topological polar surface area (TPSA) is 105 Å². The van der Waals surface area contributed by atoms with Crippen LogP contribution < -0.4 is 19.1 Å². The minimum Gasteiger partial charge on any atom is -0.486 e. The molecule has 1 N–H and O–H groups in total. The van der Waals surface area contributed by atoms with Gasteiger partial charge in [-0.05, 0) is 43.5 Å².